The van der Waals surface area contributed by atoms with Crippen molar-refractivity contribution < 1.29 is 9.18 Å². The first-order chi connectivity index (χ1) is 9.70. The average molecular weight is 290 g/mol. The van der Waals surface area contributed by atoms with Gasteiger partial charge in [0.15, 0.2) is 0 Å². The summed E-state index contributed by atoms with van der Waals surface area (Å²) >= 11 is 1.62. The van der Waals surface area contributed by atoms with E-state index < -0.39 is 0 Å². The van der Waals surface area contributed by atoms with Crippen molar-refractivity contribution in [3.05, 3.63) is 54.1 Å². The lowest BCUT2D eigenvalue weighted by atomic mass is 10.3. The molecule has 0 N–H and O–H groups in total. The number of hydrogen-bond donors (Lipinski definition) is 0. The van der Waals surface area contributed by atoms with Crippen molar-refractivity contribution >= 4 is 17.7 Å². The molecule has 0 saturated carbocycles. The van der Waals surface area contributed by atoms with Crippen molar-refractivity contribution in [2.75, 3.05) is 12.3 Å². The Morgan fingerprint density at radius 1 is 1.35 bits per heavy atom. The largest absolute Gasteiger partial charge is 0.326 e. The highest BCUT2D eigenvalue weighted by Crippen LogP contribution is 2.38. The van der Waals surface area contributed by atoms with Crippen molar-refractivity contribution in [1.82, 2.24) is 9.47 Å². The summed E-state index contributed by atoms with van der Waals surface area (Å²) in [5, 5.41) is 0.0422. The second-order valence-corrected chi connectivity index (χ2v) is 5.72. The van der Waals surface area contributed by atoms with Gasteiger partial charge in [0, 0.05) is 24.5 Å². The van der Waals surface area contributed by atoms with Gasteiger partial charge >= 0.3 is 0 Å². The monoisotopic (exact) mass is 290 g/mol. The van der Waals surface area contributed by atoms with Gasteiger partial charge in [0.25, 0.3) is 0 Å². The number of amides is 1. The van der Waals surface area contributed by atoms with E-state index in [4.69, 9.17) is 0 Å². The van der Waals surface area contributed by atoms with Crippen molar-refractivity contribution in [2.45, 2.75) is 12.3 Å². The Kier molecular flexibility index (Phi) is 3.53. The SMILES string of the molecule is CCN1C(=O)CSC1c1ccn(-c2ccccc2F)c1. The predicted octanol–water partition coefficient (Wildman–Crippen LogP) is 3.21. The minimum atomic E-state index is -0.253. The molecule has 1 fully saturated rings. The molecule has 1 atom stereocenters. The van der Waals surface area contributed by atoms with Crippen LogP contribution in [0.5, 0.6) is 0 Å². The fourth-order valence-corrected chi connectivity index (χ4v) is 3.69. The lowest BCUT2D eigenvalue weighted by Gasteiger charge is -2.21. The quantitative estimate of drug-likeness (QED) is 0.867. The highest BCUT2D eigenvalue weighted by molar-refractivity contribution is 8.00. The number of rotatable bonds is 3. The fourth-order valence-electron chi connectivity index (χ4n) is 2.44. The Hall–Kier alpha value is -1.75. The first-order valence-corrected chi connectivity index (χ1v) is 7.59. The maximum absolute atomic E-state index is 13.8. The molecule has 2 aromatic rings. The summed E-state index contributed by atoms with van der Waals surface area (Å²) in [6.07, 6.45) is 3.74. The maximum atomic E-state index is 13.8. The molecule has 5 heteroatoms. The van der Waals surface area contributed by atoms with Gasteiger partial charge in [0.2, 0.25) is 5.91 Å². The van der Waals surface area contributed by atoms with Crippen LogP contribution in [0.2, 0.25) is 0 Å². The van der Waals surface area contributed by atoms with E-state index in [9.17, 15) is 9.18 Å². The number of thioether (sulfide) groups is 1. The summed E-state index contributed by atoms with van der Waals surface area (Å²) in [6, 6.07) is 8.62. The van der Waals surface area contributed by atoms with Gasteiger partial charge in [-0.15, -0.1) is 11.8 Å². The van der Waals surface area contributed by atoms with Crippen molar-refractivity contribution in [1.29, 1.82) is 0 Å². The van der Waals surface area contributed by atoms with Gasteiger partial charge in [-0.05, 0) is 25.1 Å². The van der Waals surface area contributed by atoms with Crippen molar-refractivity contribution in [3.8, 4) is 5.69 Å². The van der Waals surface area contributed by atoms with Crippen LogP contribution in [-0.4, -0.2) is 27.7 Å². The van der Waals surface area contributed by atoms with E-state index in [1.807, 2.05) is 36.4 Å². The van der Waals surface area contributed by atoms with Crippen LogP contribution in [0.3, 0.4) is 0 Å². The summed E-state index contributed by atoms with van der Waals surface area (Å²) in [4.78, 5) is 13.6. The standard InChI is InChI=1S/C15H15FN2OS/c1-2-18-14(19)10-20-15(18)11-7-8-17(9-11)13-6-4-3-5-12(13)16/h3-9,15H,2,10H2,1H3. The van der Waals surface area contributed by atoms with Crippen LogP contribution < -0.4 is 0 Å². The Labute approximate surface area is 121 Å². The second kappa shape index (κ2) is 5.32. The maximum Gasteiger partial charge on any atom is 0.233 e. The Morgan fingerprint density at radius 2 is 2.15 bits per heavy atom. The van der Waals surface area contributed by atoms with Crippen LogP contribution in [0.25, 0.3) is 5.69 Å². The Bertz CT molecular complexity index is 640. The van der Waals surface area contributed by atoms with E-state index in [-0.39, 0.29) is 17.1 Å². The number of carbonyl (C=O) groups is 1. The highest BCUT2D eigenvalue weighted by Gasteiger charge is 2.31. The van der Waals surface area contributed by atoms with Crippen LogP contribution in [0.15, 0.2) is 42.7 Å². The predicted molar refractivity (Wildman–Crippen MR) is 78.3 cm³/mol. The van der Waals surface area contributed by atoms with E-state index in [1.54, 1.807) is 28.5 Å². The molecule has 0 spiro atoms. The smallest absolute Gasteiger partial charge is 0.233 e. The molecule has 1 saturated heterocycles. The zero-order valence-electron chi connectivity index (χ0n) is 11.1. The lowest BCUT2D eigenvalue weighted by molar-refractivity contribution is -0.127. The number of nitrogens with zero attached hydrogens (tertiary/aromatic N) is 2. The van der Waals surface area contributed by atoms with Gasteiger partial charge in [-0.3, -0.25) is 4.79 Å². The summed E-state index contributed by atoms with van der Waals surface area (Å²) in [5.41, 5.74) is 1.56. The molecular formula is C15H15FN2OS. The molecule has 0 bridgehead atoms. The molecule has 1 aromatic heterocycles. The molecule has 1 aliphatic rings. The topological polar surface area (TPSA) is 25.2 Å². The summed E-state index contributed by atoms with van der Waals surface area (Å²) in [5.74, 6) is 0.432. The third-order valence-corrected chi connectivity index (χ3v) is 4.70. The van der Waals surface area contributed by atoms with Gasteiger partial charge in [0.05, 0.1) is 11.4 Å². The van der Waals surface area contributed by atoms with Gasteiger partial charge < -0.3 is 9.47 Å². The molecule has 1 amide bonds. The van der Waals surface area contributed by atoms with Crippen molar-refractivity contribution in [2.24, 2.45) is 0 Å². The number of aromatic nitrogens is 1. The van der Waals surface area contributed by atoms with Crippen LogP contribution in [0, 0.1) is 5.82 Å². The number of para-hydroxylation sites is 1. The molecule has 0 aliphatic carbocycles. The van der Waals surface area contributed by atoms with Crippen LogP contribution in [-0.2, 0) is 4.79 Å². The van der Waals surface area contributed by atoms with Crippen LogP contribution in [0.4, 0.5) is 4.39 Å². The summed E-state index contributed by atoms with van der Waals surface area (Å²) in [7, 11) is 0. The molecule has 2 heterocycles. The van der Waals surface area contributed by atoms with E-state index in [0.717, 1.165) is 5.56 Å². The fraction of sp³-hybridized carbons (Fsp3) is 0.267. The summed E-state index contributed by atoms with van der Waals surface area (Å²) in [6.45, 7) is 2.67. The molecule has 0 radical (unpaired) electrons. The minimum absolute atomic E-state index is 0.0422. The van der Waals surface area contributed by atoms with Gasteiger partial charge in [0.1, 0.15) is 11.2 Å². The average Bonchev–Trinajstić information content (AvgIpc) is 3.05. The number of halogens is 1. The highest BCUT2D eigenvalue weighted by atomic mass is 32.2. The first-order valence-electron chi connectivity index (χ1n) is 6.54. The molecule has 1 unspecified atom stereocenters. The number of benzene rings is 1. The molecule has 1 aromatic carbocycles. The zero-order chi connectivity index (χ0) is 14.1. The number of hydrogen-bond acceptors (Lipinski definition) is 2. The van der Waals surface area contributed by atoms with E-state index >= 15 is 0 Å². The molecule has 20 heavy (non-hydrogen) atoms. The Morgan fingerprint density at radius 3 is 2.90 bits per heavy atom. The van der Waals surface area contributed by atoms with Gasteiger partial charge in [-0.1, -0.05) is 12.1 Å². The van der Waals surface area contributed by atoms with E-state index in [2.05, 4.69) is 0 Å². The minimum Gasteiger partial charge on any atom is -0.326 e. The first kappa shape index (κ1) is 13.2. The third-order valence-electron chi connectivity index (χ3n) is 3.44. The molecule has 104 valence electrons. The molecular weight excluding hydrogens is 275 g/mol. The normalized spacial score (nSPS) is 18.8. The van der Waals surface area contributed by atoms with Gasteiger partial charge in [-0.2, -0.15) is 0 Å². The van der Waals surface area contributed by atoms with E-state index in [1.165, 1.54) is 6.07 Å². The molecule has 3 nitrogen and oxygen atoms in total. The van der Waals surface area contributed by atoms with Gasteiger partial charge in [-0.25, -0.2) is 4.39 Å². The third kappa shape index (κ3) is 2.22. The molecule has 1 aliphatic heterocycles. The summed E-state index contributed by atoms with van der Waals surface area (Å²) < 4.78 is 15.5. The van der Waals surface area contributed by atoms with Crippen LogP contribution in [0.1, 0.15) is 17.9 Å². The molecule has 3 rings (SSSR count). The zero-order valence-corrected chi connectivity index (χ0v) is 11.9. The number of carbonyl (C=O) groups excluding carboxylic acids is 1. The second-order valence-electron chi connectivity index (χ2n) is 4.65. The van der Waals surface area contributed by atoms with Crippen LogP contribution >= 0.6 is 11.8 Å². The lowest BCUT2D eigenvalue weighted by Crippen LogP contribution is -2.27. The van der Waals surface area contributed by atoms with Crippen molar-refractivity contribution in [3.63, 3.8) is 0 Å². The Balaban J connectivity index is 1.91. The van der Waals surface area contributed by atoms with E-state index in [0.29, 0.717) is 18.0 Å².